The van der Waals surface area contributed by atoms with Crippen LogP contribution in [0, 0.1) is 0 Å². The molecule has 0 saturated carbocycles. The molecule has 0 radical (unpaired) electrons. The Morgan fingerprint density at radius 1 is 0.304 bits per heavy atom. The minimum absolute atomic E-state index is 0.528. The van der Waals surface area contributed by atoms with Crippen molar-refractivity contribution < 1.29 is 0 Å². The number of fused-ring (bicyclic) bond motifs is 6. The van der Waals surface area contributed by atoms with Crippen LogP contribution < -0.4 is 0 Å². The molecule has 11 rings (SSSR count). The fourth-order valence-electron chi connectivity index (χ4n) is 8.07. The molecular formula is C50H32N6. The van der Waals surface area contributed by atoms with Crippen molar-refractivity contribution in [2.45, 2.75) is 0 Å². The first kappa shape index (κ1) is 31.8. The molecule has 0 saturated heterocycles. The van der Waals surface area contributed by atoms with Gasteiger partial charge in [-0.1, -0.05) is 127 Å². The van der Waals surface area contributed by atoms with Crippen molar-refractivity contribution in [2.24, 2.45) is 0 Å². The normalized spacial score (nSPS) is 11.6. The molecule has 0 bridgehead atoms. The predicted molar refractivity (Wildman–Crippen MR) is 228 cm³/mol. The van der Waals surface area contributed by atoms with E-state index < -0.39 is 0 Å². The summed E-state index contributed by atoms with van der Waals surface area (Å²) in [5, 5.41) is 4.80. The van der Waals surface area contributed by atoms with E-state index in [0.717, 1.165) is 61.6 Å². The molecule has 262 valence electrons. The average Bonchev–Trinajstić information content (AvgIpc) is 3.80. The molecule has 11 aromatic rings. The Morgan fingerprint density at radius 3 is 1.36 bits per heavy atom. The highest BCUT2D eigenvalue weighted by atomic mass is 15.0. The fraction of sp³-hybridized carbons (Fsp3) is 0. The van der Waals surface area contributed by atoms with E-state index in [1.807, 2.05) is 48.7 Å². The number of benzene rings is 7. The van der Waals surface area contributed by atoms with Crippen LogP contribution in [0.15, 0.2) is 194 Å². The summed E-state index contributed by atoms with van der Waals surface area (Å²) in [4.78, 5) is 19.8. The lowest BCUT2D eigenvalue weighted by Crippen LogP contribution is -1.99. The van der Waals surface area contributed by atoms with Crippen LogP contribution in [-0.4, -0.2) is 29.1 Å². The zero-order chi connectivity index (χ0) is 37.0. The second-order valence-corrected chi connectivity index (χ2v) is 14.0. The first-order valence-electron chi connectivity index (χ1n) is 18.7. The summed E-state index contributed by atoms with van der Waals surface area (Å²) < 4.78 is 4.73. The van der Waals surface area contributed by atoms with E-state index in [-0.39, 0.29) is 0 Å². The fourth-order valence-corrected chi connectivity index (χ4v) is 8.07. The third kappa shape index (κ3) is 5.27. The monoisotopic (exact) mass is 716 g/mol. The molecule has 4 heterocycles. The predicted octanol–water partition coefficient (Wildman–Crippen LogP) is 12.1. The molecule has 0 amide bonds. The molecule has 0 atom stereocenters. The Hall–Kier alpha value is -7.70. The summed E-state index contributed by atoms with van der Waals surface area (Å²) in [5.41, 5.74) is 12.9. The van der Waals surface area contributed by atoms with Crippen molar-refractivity contribution in [1.82, 2.24) is 29.1 Å². The van der Waals surface area contributed by atoms with Gasteiger partial charge >= 0.3 is 0 Å². The van der Waals surface area contributed by atoms with Gasteiger partial charge in [-0.15, -0.1) is 0 Å². The van der Waals surface area contributed by atoms with Crippen LogP contribution in [0.5, 0.6) is 0 Å². The molecule has 0 aliphatic carbocycles. The van der Waals surface area contributed by atoms with E-state index in [4.69, 9.17) is 15.0 Å². The highest BCUT2D eigenvalue weighted by Gasteiger charge is 2.18. The lowest BCUT2D eigenvalue weighted by molar-refractivity contribution is 1.12. The molecule has 0 unspecified atom stereocenters. The largest absolute Gasteiger partial charge is 0.309 e. The van der Waals surface area contributed by atoms with Crippen molar-refractivity contribution in [1.29, 1.82) is 0 Å². The molecule has 4 aromatic heterocycles. The molecule has 56 heavy (non-hydrogen) atoms. The van der Waals surface area contributed by atoms with Crippen LogP contribution >= 0.6 is 0 Å². The quantitative estimate of drug-likeness (QED) is 0.172. The molecule has 0 aliphatic heterocycles. The van der Waals surface area contributed by atoms with Crippen LogP contribution in [0.2, 0.25) is 0 Å². The van der Waals surface area contributed by atoms with Crippen molar-refractivity contribution in [3.05, 3.63) is 194 Å². The van der Waals surface area contributed by atoms with E-state index in [2.05, 4.69) is 154 Å². The van der Waals surface area contributed by atoms with Gasteiger partial charge in [0.1, 0.15) is 5.69 Å². The maximum atomic E-state index is 5.13. The number of hydrogen-bond acceptors (Lipinski definition) is 4. The number of nitrogens with zero attached hydrogens (tertiary/aromatic N) is 6. The van der Waals surface area contributed by atoms with E-state index >= 15 is 0 Å². The second-order valence-electron chi connectivity index (χ2n) is 14.0. The summed E-state index contributed by atoms with van der Waals surface area (Å²) in [6, 6.07) is 63.7. The van der Waals surface area contributed by atoms with Gasteiger partial charge in [0.15, 0.2) is 5.82 Å². The highest BCUT2D eigenvalue weighted by Crippen LogP contribution is 2.37. The first-order chi connectivity index (χ1) is 27.8. The summed E-state index contributed by atoms with van der Waals surface area (Å²) in [5.74, 6) is 0.528. The topological polar surface area (TPSA) is 61.4 Å². The van der Waals surface area contributed by atoms with Crippen LogP contribution in [0.3, 0.4) is 0 Å². The van der Waals surface area contributed by atoms with Gasteiger partial charge in [0.05, 0.1) is 51.5 Å². The molecule has 0 fully saturated rings. The van der Waals surface area contributed by atoms with Gasteiger partial charge in [-0.05, 0) is 54.6 Å². The summed E-state index contributed by atoms with van der Waals surface area (Å²) in [7, 11) is 0. The SMILES string of the molecule is c1ccc(-c2cc(-c3ccccc3)nc(-c3cncc(-c4ccc5c(c4)c4ccccc4n5-c4cccc(-n5c6ccccc6c6ccccc65)c4)n3)n2)cc1. The maximum Gasteiger partial charge on any atom is 0.180 e. The van der Waals surface area contributed by atoms with Gasteiger partial charge in [0.25, 0.3) is 0 Å². The number of para-hydroxylation sites is 3. The Balaban J connectivity index is 1.03. The van der Waals surface area contributed by atoms with E-state index in [9.17, 15) is 0 Å². The van der Waals surface area contributed by atoms with Crippen molar-refractivity contribution in [3.8, 4) is 56.7 Å². The molecular weight excluding hydrogens is 685 g/mol. The number of hydrogen-bond donors (Lipinski definition) is 0. The second kappa shape index (κ2) is 13.0. The lowest BCUT2D eigenvalue weighted by Gasteiger charge is -2.13. The van der Waals surface area contributed by atoms with Crippen LogP contribution in [0.1, 0.15) is 0 Å². The van der Waals surface area contributed by atoms with Crippen LogP contribution in [0.25, 0.3) is 100 Å². The van der Waals surface area contributed by atoms with Gasteiger partial charge in [-0.2, -0.15) is 0 Å². The van der Waals surface area contributed by atoms with Crippen molar-refractivity contribution >= 4 is 43.6 Å². The average molecular weight is 717 g/mol. The van der Waals surface area contributed by atoms with Gasteiger partial charge < -0.3 is 9.13 Å². The van der Waals surface area contributed by atoms with E-state index in [0.29, 0.717) is 11.5 Å². The standard InChI is InChI=1S/C50H32N6/c1-3-14-33(15-4-1)42-30-43(34-16-5-2-6-17-34)54-50(53-42)45-32-51-31-44(52-45)35-26-27-49-41(28-35)40-22-9-12-25-48(40)56(49)37-19-13-18-36(29-37)55-46-23-10-7-20-38(46)39-21-8-11-24-47(39)55/h1-32H. The van der Waals surface area contributed by atoms with Gasteiger partial charge in [0, 0.05) is 49.6 Å². The Kier molecular flexibility index (Phi) is 7.38. The third-order valence-corrected chi connectivity index (χ3v) is 10.6. The minimum atomic E-state index is 0.528. The molecule has 0 N–H and O–H groups in total. The smallest absolute Gasteiger partial charge is 0.180 e. The first-order valence-corrected chi connectivity index (χ1v) is 18.7. The zero-order valence-electron chi connectivity index (χ0n) is 30.2. The van der Waals surface area contributed by atoms with Crippen LogP contribution in [0.4, 0.5) is 0 Å². The minimum Gasteiger partial charge on any atom is -0.309 e. The number of rotatable bonds is 6. The highest BCUT2D eigenvalue weighted by molar-refractivity contribution is 6.11. The maximum absolute atomic E-state index is 5.13. The third-order valence-electron chi connectivity index (χ3n) is 10.6. The van der Waals surface area contributed by atoms with Crippen molar-refractivity contribution in [2.75, 3.05) is 0 Å². The molecule has 6 nitrogen and oxygen atoms in total. The summed E-state index contributed by atoms with van der Waals surface area (Å²) in [6.45, 7) is 0. The molecule has 6 heteroatoms. The summed E-state index contributed by atoms with van der Waals surface area (Å²) in [6.07, 6.45) is 3.56. The summed E-state index contributed by atoms with van der Waals surface area (Å²) >= 11 is 0. The van der Waals surface area contributed by atoms with Crippen LogP contribution in [-0.2, 0) is 0 Å². The Bertz CT molecular complexity index is 3140. The zero-order valence-corrected chi connectivity index (χ0v) is 30.2. The Labute approximate surface area is 322 Å². The lowest BCUT2D eigenvalue weighted by atomic mass is 10.1. The van der Waals surface area contributed by atoms with Gasteiger partial charge in [-0.3, -0.25) is 4.98 Å². The van der Waals surface area contributed by atoms with Gasteiger partial charge in [-0.25, -0.2) is 15.0 Å². The van der Waals surface area contributed by atoms with E-state index in [1.165, 1.54) is 27.2 Å². The van der Waals surface area contributed by atoms with E-state index in [1.54, 1.807) is 6.20 Å². The van der Waals surface area contributed by atoms with Gasteiger partial charge in [0.2, 0.25) is 0 Å². The van der Waals surface area contributed by atoms with Crippen molar-refractivity contribution in [3.63, 3.8) is 0 Å². The Morgan fingerprint density at radius 2 is 0.786 bits per heavy atom. The molecule has 0 spiro atoms. The molecule has 7 aromatic carbocycles. The number of aromatic nitrogens is 6. The molecule has 0 aliphatic rings.